The molecule has 5 N–H and O–H groups in total. The van der Waals surface area contributed by atoms with E-state index in [4.69, 9.17) is 34.1 Å². The molecule has 0 heterocycles. The van der Waals surface area contributed by atoms with Gasteiger partial charge >= 0.3 is 6.03 Å². The molecule has 19 heavy (non-hydrogen) atoms. The van der Waals surface area contributed by atoms with Crippen LogP contribution in [-0.2, 0) is 0 Å². The first kappa shape index (κ1) is 15.4. The van der Waals surface area contributed by atoms with Gasteiger partial charge in [0, 0.05) is 5.02 Å². The predicted octanol–water partition coefficient (Wildman–Crippen LogP) is 2.64. The van der Waals surface area contributed by atoms with E-state index >= 15 is 0 Å². The van der Waals surface area contributed by atoms with Gasteiger partial charge in [0.1, 0.15) is 0 Å². The van der Waals surface area contributed by atoms with Crippen LogP contribution in [0.4, 0.5) is 10.5 Å². The Balaban J connectivity index is 2.78. The van der Waals surface area contributed by atoms with Gasteiger partial charge in [-0.2, -0.15) is 0 Å². The molecule has 0 atom stereocenters. The molecule has 0 bridgehead atoms. The molecule has 0 aliphatic carbocycles. The minimum absolute atomic E-state index is 0.125. The van der Waals surface area contributed by atoms with Crippen molar-refractivity contribution >= 4 is 40.8 Å². The van der Waals surface area contributed by atoms with E-state index < -0.39 is 11.6 Å². The molecule has 104 valence electrons. The van der Waals surface area contributed by atoms with E-state index in [-0.39, 0.29) is 5.84 Å². The van der Waals surface area contributed by atoms with Crippen molar-refractivity contribution in [3.63, 3.8) is 0 Å². The molecule has 1 rings (SSSR count). The molecule has 0 saturated heterocycles. The van der Waals surface area contributed by atoms with E-state index in [2.05, 4.69) is 15.8 Å². The highest BCUT2D eigenvalue weighted by Crippen LogP contribution is 2.25. The lowest BCUT2D eigenvalue weighted by atomic mass is 10.1. The predicted molar refractivity (Wildman–Crippen MR) is 76.1 cm³/mol. The molecule has 0 unspecified atom stereocenters. The molecule has 1 aromatic rings. The molecule has 0 spiro atoms. The molecule has 0 fully saturated rings. The third-order valence-electron chi connectivity index (χ3n) is 2.35. The molecule has 6 nitrogen and oxygen atoms in total. The van der Waals surface area contributed by atoms with Crippen molar-refractivity contribution in [1.29, 1.82) is 0 Å². The van der Waals surface area contributed by atoms with Crippen molar-refractivity contribution in [3.8, 4) is 0 Å². The summed E-state index contributed by atoms with van der Waals surface area (Å²) in [4.78, 5) is 11.8. The van der Waals surface area contributed by atoms with Crippen LogP contribution in [0.15, 0.2) is 23.4 Å². The Morgan fingerprint density at radius 3 is 2.63 bits per heavy atom. The fourth-order valence-electron chi connectivity index (χ4n) is 1.22. The van der Waals surface area contributed by atoms with Gasteiger partial charge in [-0.3, -0.25) is 0 Å². The summed E-state index contributed by atoms with van der Waals surface area (Å²) in [6.07, 6.45) is 0. The van der Waals surface area contributed by atoms with Gasteiger partial charge in [0.05, 0.1) is 16.2 Å². The molecule has 8 heteroatoms. The van der Waals surface area contributed by atoms with Crippen LogP contribution in [0.1, 0.15) is 13.8 Å². The maximum Gasteiger partial charge on any atom is 0.320 e. The fraction of sp³-hybridized carbons (Fsp3) is 0.273. The Morgan fingerprint density at radius 2 is 2.05 bits per heavy atom. The van der Waals surface area contributed by atoms with Gasteiger partial charge < -0.3 is 21.6 Å². The number of amidine groups is 1. The Labute approximate surface area is 120 Å². The van der Waals surface area contributed by atoms with Crippen LogP contribution in [0.3, 0.4) is 0 Å². The van der Waals surface area contributed by atoms with E-state index in [1.807, 2.05) is 0 Å². The standard InChI is InChI=1S/C11H14Cl2N4O2/c1-11(2,9(14)17-19)16-10(18)15-8-5-6(12)3-4-7(8)13/h3-5,19H,1-2H3,(H2,14,17)(H2,15,16,18). The second-order valence-electron chi connectivity index (χ2n) is 4.31. The normalized spacial score (nSPS) is 12.1. The molecule has 0 aromatic heterocycles. The number of hydrogen-bond donors (Lipinski definition) is 4. The van der Waals surface area contributed by atoms with Crippen LogP contribution in [0.25, 0.3) is 0 Å². The topological polar surface area (TPSA) is 99.7 Å². The largest absolute Gasteiger partial charge is 0.409 e. The number of oxime groups is 1. The summed E-state index contributed by atoms with van der Waals surface area (Å²) in [6, 6.07) is 4.13. The Hall–Kier alpha value is -1.66. The summed E-state index contributed by atoms with van der Waals surface area (Å²) in [5, 5.41) is 17.3. The van der Waals surface area contributed by atoms with Crippen LogP contribution in [-0.4, -0.2) is 22.6 Å². The van der Waals surface area contributed by atoms with Crippen LogP contribution >= 0.6 is 23.2 Å². The highest BCUT2D eigenvalue weighted by atomic mass is 35.5. The lowest BCUT2D eigenvalue weighted by Gasteiger charge is -2.24. The number of anilines is 1. The number of carbonyl (C=O) groups excluding carboxylic acids is 1. The first-order chi connectivity index (χ1) is 8.76. The number of nitrogens with two attached hydrogens (primary N) is 1. The minimum atomic E-state index is -1.01. The highest BCUT2D eigenvalue weighted by Gasteiger charge is 2.25. The number of halogens is 2. The van der Waals surface area contributed by atoms with E-state index in [9.17, 15) is 4.79 Å². The number of urea groups is 1. The molecule has 0 saturated carbocycles. The fourth-order valence-corrected chi connectivity index (χ4v) is 1.56. The number of hydrogen-bond acceptors (Lipinski definition) is 3. The Kier molecular flexibility index (Phi) is 4.85. The van der Waals surface area contributed by atoms with E-state index in [0.717, 1.165) is 0 Å². The van der Waals surface area contributed by atoms with Crippen LogP contribution in [0, 0.1) is 0 Å². The molecular formula is C11H14Cl2N4O2. The van der Waals surface area contributed by atoms with E-state index in [1.54, 1.807) is 26.0 Å². The first-order valence-corrected chi connectivity index (χ1v) is 6.04. The molecule has 0 aliphatic rings. The van der Waals surface area contributed by atoms with Crippen LogP contribution < -0.4 is 16.4 Å². The number of nitrogens with one attached hydrogen (secondary N) is 2. The molecule has 1 aromatic carbocycles. The molecule has 0 aliphatic heterocycles. The summed E-state index contributed by atoms with van der Waals surface area (Å²) < 4.78 is 0. The molecular weight excluding hydrogens is 291 g/mol. The zero-order valence-corrected chi connectivity index (χ0v) is 11.9. The second kappa shape index (κ2) is 5.99. The smallest absolute Gasteiger partial charge is 0.320 e. The summed E-state index contributed by atoms with van der Waals surface area (Å²) >= 11 is 11.7. The Bertz CT molecular complexity index is 517. The van der Waals surface area contributed by atoms with Crippen molar-refractivity contribution in [1.82, 2.24) is 5.32 Å². The monoisotopic (exact) mass is 304 g/mol. The number of nitrogens with zero attached hydrogens (tertiary/aromatic N) is 1. The number of carbonyl (C=O) groups is 1. The number of benzene rings is 1. The second-order valence-corrected chi connectivity index (χ2v) is 5.16. The lowest BCUT2D eigenvalue weighted by molar-refractivity contribution is 0.246. The summed E-state index contributed by atoms with van der Waals surface area (Å²) in [7, 11) is 0. The average Bonchev–Trinajstić information content (AvgIpc) is 2.32. The third-order valence-corrected chi connectivity index (χ3v) is 2.92. The van der Waals surface area contributed by atoms with Crippen LogP contribution in [0.2, 0.25) is 10.0 Å². The Morgan fingerprint density at radius 1 is 1.42 bits per heavy atom. The van der Waals surface area contributed by atoms with Crippen molar-refractivity contribution < 1.29 is 10.0 Å². The highest BCUT2D eigenvalue weighted by molar-refractivity contribution is 6.35. The SMILES string of the molecule is CC(C)(NC(=O)Nc1cc(Cl)ccc1Cl)/C(N)=N/O. The zero-order valence-electron chi connectivity index (χ0n) is 10.4. The quantitative estimate of drug-likeness (QED) is 0.299. The molecule has 2 amide bonds. The van der Waals surface area contributed by atoms with Gasteiger partial charge in [-0.25, -0.2) is 4.79 Å². The molecule has 0 radical (unpaired) electrons. The van der Waals surface area contributed by atoms with Gasteiger partial charge in [-0.15, -0.1) is 0 Å². The van der Waals surface area contributed by atoms with Gasteiger partial charge in [0.2, 0.25) is 0 Å². The zero-order chi connectivity index (χ0) is 14.6. The number of rotatable bonds is 3. The third kappa shape index (κ3) is 4.18. The van der Waals surface area contributed by atoms with E-state index in [0.29, 0.717) is 15.7 Å². The lowest BCUT2D eigenvalue weighted by Crippen LogP contribution is -2.54. The van der Waals surface area contributed by atoms with Crippen molar-refractivity contribution in [2.24, 2.45) is 10.9 Å². The maximum absolute atomic E-state index is 11.8. The van der Waals surface area contributed by atoms with E-state index in [1.165, 1.54) is 6.07 Å². The maximum atomic E-state index is 11.8. The summed E-state index contributed by atoms with van der Waals surface area (Å²) in [5.41, 5.74) is 4.81. The van der Waals surface area contributed by atoms with Gasteiger partial charge in [0.15, 0.2) is 5.84 Å². The first-order valence-electron chi connectivity index (χ1n) is 5.28. The summed E-state index contributed by atoms with van der Waals surface area (Å²) in [5.74, 6) is -0.125. The van der Waals surface area contributed by atoms with Crippen LogP contribution in [0.5, 0.6) is 0 Å². The van der Waals surface area contributed by atoms with Crippen molar-refractivity contribution in [3.05, 3.63) is 28.2 Å². The summed E-state index contributed by atoms with van der Waals surface area (Å²) in [6.45, 7) is 3.17. The minimum Gasteiger partial charge on any atom is -0.409 e. The number of amides is 2. The van der Waals surface area contributed by atoms with Gasteiger partial charge in [-0.1, -0.05) is 28.4 Å². The van der Waals surface area contributed by atoms with Gasteiger partial charge in [-0.05, 0) is 32.0 Å². The van der Waals surface area contributed by atoms with Crippen molar-refractivity contribution in [2.45, 2.75) is 19.4 Å². The van der Waals surface area contributed by atoms with Gasteiger partial charge in [0.25, 0.3) is 0 Å². The average molecular weight is 305 g/mol. The van der Waals surface area contributed by atoms with Crippen molar-refractivity contribution in [2.75, 3.05) is 5.32 Å².